The lowest BCUT2D eigenvalue weighted by Crippen LogP contribution is -2.40. The van der Waals surface area contributed by atoms with E-state index in [2.05, 4.69) is 20.8 Å². The smallest absolute Gasteiger partial charge is 0.225 e. The third-order valence-corrected chi connectivity index (χ3v) is 3.55. The van der Waals surface area contributed by atoms with Gasteiger partial charge in [0, 0.05) is 19.5 Å². The topological polar surface area (TPSA) is 46.3 Å². The summed E-state index contributed by atoms with van der Waals surface area (Å²) in [5, 5.41) is 0. The molecule has 1 fully saturated rings. The SMILES string of the molecule is CN(CC(C)(C)C)C(=O)C1CCCC(CN)C1. The maximum atomic E-state index is 12.3. The van der Waals surface area contributed by atoms with Crippen molar-refractivity contribution >= 4 is 5.91 Å². The van der Waals surface area contributed by atoms with Crippen LogP contribution in [0.2, 0.25) is 0 Å². The van der Waals surface area contributed by atoms with Gasteiger partial charge in [-0.3, -0.25) is 4.79 Å². The number of carbonyl (C=O) groups excluding carboxylic acids is 1. The molecule has 2 atom stereocenters. The van der Waals surface area contributed by atoms with Gasteiger partial charge >= 0.3 is 0 Å². The Morgan fingerprint density at radius 3 is 2.53 bits per heavy atom. The highest BCUT2D eigenvalue weighted by atomic mass is 16.2. The molecule has 0 aromatic carbocycles. The van der Waals surface area contributed by atoms with Crippen molar-refractivity contribution in [3.05, 3.63) is 0 Å². The van der Waals surface area contributed by atoms with Crippen LogP contribution in [0.5, 0.6) is 0 Å². The van der Waals surface area contributed by atoms with E-state index >= 15 is 0 Å². The molecule has 0 aliphatic heterocycles. The maximum absolute atomic E-state index is 12.3. The quantitative estimate of drug-likeness (QED) is 0.822. The van der Waals surface area contributed by atoms with Crippen molar-refractivity contribution in [3.63, 3.8) is 0 Å². The minimum absolute atomic E-state index is 0.173. The number of hydrogen-bond acceptors (Lipinski definition) is 2. The molecule has 17 heavy (non-hydrogen) atoms. The first-order chi connectivity index (χ1) is 7.83. The van der Waals surface area contributed by atoms with Crippen molar-refractivity contribution in [1.29, 1.82) is 0 Å². The Morgan fingerprint density at radius 1 is 1.35 bits per heavy atom. The first-order valence-electron chi connectivity index (χ1n) is 6.78. The summed E-state index contributed by atoms with van der Waals surface area (Å²) in [5.74, 6) is 1.09. The van der Waals surface area contributed by atoms with E-state index in [1.54, 1.807) is 0 Å². The summed E-state index contributed by atoms with van der Waals surface area (Å²) in [4.78, 5) is 14.2. The minimum Gasteiger partial charge on any atom is -0.345 e. The van der Waals surface area contributed by atoms with Gasteiger partial charge in [-0.25, -0.2) is 0 Å². The van der Waals surface area contributed by atoms with Gasteiger partial charge in [-0.05, 0) is 37.1 Å². The molecule has 1 aliphatic rings. The summed E-state index contributed by atoms with van der Waals surface area (Å²) in [5.41, 5.74) is 5.89. The summed E-state index contributed by atoms with van der Waals surface area (Å²) >= 11 is 0. The zero-order chi connectivity index (χ0) is 13.1. The van der Waals surface area contributed by atoms with Gasteiger partial charge in [0.15, 0.2) is 0 Å². The molecule has 0 spiro atoms. The van der Waals surface area contributed by atoms with Crippen molar-refractivity contribution in [1.82, 2.24) is 4.90 Å². The molecule has 2 N–H and O–H groups in total. The summed E-state index contributed by atoms with van der Waals surface area (Å²) in [7, 11) is 1.93. The summed E-state index contributed by atoms with van der Waals surface area (Å²) in [6, 6.07) is 0. The third kappa shape index (κ3) is 4.66. The van der Waals surface area contributed by atoms with Crippen LogP contribution in [-0.2, 0) is 4.79 Å². The summed E-state index contributed by atoms with van der Waals surface area (Å²) in [6.45, 7) is 8.06. The molecule has 0 saturated heterocycles. The lowest BCUT2D eigenvalue weighted by atomic mass is 9.80. The Bertz CT molecular complexity index is 257. The lowest BCUT2D eigenvalue weighted by molar-refractivity contribution is -0.136. The van der Waals surface area contributed by atoms with E-state index in [1.807, 2.05) is 11.9 Å². The van der Waals surface area contributed by atoms with Gasteiger partial charge in [0.25, 0.3) is 0 Å². The van der Waals surface area contributed by atoms with Gasteiger partial charge in [0.1, 0.15) is 0 Å². The molecule has 0 bridgehead atoms. The average Bonchev–Trinajstić information content (AvgIpc) is 2.26. The Kier molecular flexibility index (Phi) is 4.99. The van der Waals surface area contributed by atoms with E-state index in [0.29, 0.717) is 11.8 Å². The number of rotatable bonds is 3. The number of amides is 1. The van der Waals surface area contributed by atoms with Crippen LogP contribution in [0.25, 0.3) is 0 Å². The number of nitrogens with zero attached hydrogens (tertiary/aromatic N) is 1. The van der Waals surface area contributed by atoms with Gasteiger partial charge in [-0.2, -0.15) is 0 Å². The van der Waals surface area contributed by atoms with Crippen molar-refractivity contribution in [2.45, 2.75) is 46.5 Å². The average molecular weight is 240 g/mol. The maximum Gasteiger partial charge on any atom is 0.225 e. The van der Waals surface area contributed by atoms with E-state index in [0.717, 1.165) is 32.4 Å². The third-order valence-electron chi connectivity index (χ3n) is 3.55. The van der Waals surface area contributed by atoms with Gasteiger partial charge in [-0.15, -0.1) is 0 Å². The van der Waals surface area contributed by atoms with Crippen LogP contribution in [0.1, 0.15) is 46.5 Å². The van der Waals surface area contributed by atoms with Crippen molar-refractivity contribution in [2.24, 2.45) is 23.0 Å². The molecule has 0 heterocycles. The van der Waals surface area contributed by atoms with Crippen LogP contribution >= 0.6 is 0 Å². The molecular formula is C14H28N2O. The Balaban J connectivity index is 2.51. The first kappa shape index (κ1) is 14.5. The van der Waals surface area contributed by atoms with Crippen LogP contribution < -0.4 is 5.73 Å². The highest BCUT2D eigenvalue weighted by molar-refractivity contribution is 5.78. The standard InChI is InChI=1S/C14H28N2O/c1-14(2,3)10-16(4)13(17)12-7-5-6-11(8-12)9-15/h11-12H,5-10,15H2,1-4H3. The molecule has 0 radical (unpaired) electrons. The Hall–Kier alpha value is -0.570. The van der Waals surface area contributed by atoms with E-state index in [9.17, 15) is 4.79 Å². The highest BCUT2D eigenvalue weighted by Crippen LogP contribution is 2.30. The molecule has 0 aromatic heterocycles. The van der Waals surface area contributed by atoms with Crippen LogP contribution in [0, 0.1) is 17.3 Å². The van der Waals surface area contributed by atoms with Gasteiger partial charge < -0.3 is 10.6 Å². The molecular weight excluding hydrogens is 212 g/mol. The van der Waals surface area contributed by atoms with Gasteiger partial charge in [-0.1, -0.05) is 27.2 Å². The second-order valence-corrected chi connectivity index (χ2v) is 6.72. The van der Waals surface area contributed by atoms with E-state index < -0.39 is 0 Å². The fourth-order valence-electron chi connectivity index (χ4n) is 2.83. The summed E-state index contributed by atoms with van der Waals surface area (Å²) < 4.78 is 0. The fraction of sp³-hybridized carbons (Fsp3) is 0.929. The van der Waals surface area contributed by atoms with Crippen molar-refractivity contribution in [3.8, 4) is 0 Å². The predicted molar refractivity (Wildman–Crippen MR) is 71.6 cm³/mol. The second kappa shape index (κ2) is 5.85. The Labute approximate surface area is 106 Å². The number of nitrogens with two attached hydrogens (primary N) is 1. The van der Waals surface area contributed by atoms with E-state index in [-0.39, 0.29) is 11.3 Å². The number of hydrogen-bond donors (Lipinski definition) is 1. The molecule has 0 aromatic rings. The monoisotopic (exact) mass is 240 g/mol. The zero-order valence-electron chi connectivity index (χ0n) is 11.8. The van der Waals surface area contributed by atoms with Crippen LogP contribution in [0.15, 0.2) is 0 Å². The molecule has 2 unspecified atom stereocenters. The Morgan fingerprint density at radius 2 is 2.00 bits per heavy atom. The second-order valence-electron chi connectivity index (χ2n) is 6.72. The van der Waals surface area contributed by atoms with Gasteiger partial charge in [0.2, 0.25) is 5.91 Å². The van der Waals surface area contributed by atoms with Crippen LogP contribution in [-0.4, -0.2) is 30.9 Å². The van der Waals surface area contributed by atoms with Crippen molar-refractivity contribution in [2.75, 3.05) is 20.1 Å². The molecule has 1 amide bonds. The molecule has 1 saturated carbocycles. The largest absolute Gasteiger partial charge is 0.345 e. The molecule has 1 aliphatic carbocycles. The molecule has 3 heteroatoms. The summed E-state index contributed by atoms with van der Waals surface area (Å²) in [6.07, 6.45) is 4.39. The minimum atomic E-state index is 0.173. The van der Waals surface area contributed by atoms with E-state index in [4.69, 9.17) is 5.73 Å². The predicted octanol–water partition coefficient (Wildman–Crippen LogP) is 2.26. The molecule has 100 valence electrons. The van der Waals surface area contributed by atoms with E-state index in [1.165, 1.54) is 6.42 Å². The van der Waals surface area contributed by atoms with Crippen LogP contribution in [0.3, 0.4) is 0 Å². The van der Waals surface area contributed by atoms with Gasteiger partial charge in [0.05, 0.1) is 0 Å². The van der Waals surface area contributed by atoms with Crippen molar-refractivity contribution < 1.29 is 4.79 Å². The highest BCUT2D eigenvalue weighted by Gasteiger charge is 2.29. The zero-order valence-corrected chi connectivity index (χ0v) is 11.8. The fourth-order valence-corrected chi connectivity index (χ4v) is 2.83. The normalized spacial score (nSPS) is 25.7. The first-order valence-corrected chi connectivity index (χ1v) is 6.78. The molecule has 1 rings (SSSR count). The molecule has 3 nitrogen and oxygen atoms in total. The van der Waals surface area contributed by atoms with Crippen LogP contribution in [0.4, 0.5) is 0 Å². The lowest BCUT2D eigenvalue weighted by Gasteiger charge is -2.33. The number of carbonyl (C=O) groups is 1.